The minimum Gasteiger partial charge on any atom is -0.274 e. The summed E-state index contributed by atoms with van der Waals surface area (Å²) in [4.78, 5) is 11.2. The maximum Gasteiger partial charge on any atom is 0.233 e. The Kier molecular flexibility index (Phi) is 5.99. The van der Waals surface area contributed by atoms with Crippen molar-refractivity contribution in [2.24, 2.45) is 0 Å². The standard InChI is InChI=1S/C9H17NO3S3/c1-16(12,13)10-9(11)5-3-2-4-8-6-7-14-15-8/h8H,2-7H2,1H3,(H,10,11)/t8-/m0/s1. The number of hydrogen-bond acceptors (Lipinski definition) is 5. The second-order valence-corrected chi connectivity index (χ2v) is 8.41. The van der Waals surface area contributed by atoms with Crippen molar-refractivity contribution in [1.82, 2.24) is 4.72 Å². The molecule has 0 aromatic heterocycles. The average molecular weight is 283 g/mol. The van der Waals surface area contributed by atoms with E-state index in [2.05, 4.69) is 0 Å². The van der Waals surface area contributed by atoms with Gasteiger partial charge in [-0.15, -0.1) is 0 Å². The van der Waals surface area contributed by atoms with E-state index in [1.54, 1.807) is 0 Å². The molecule has 0 aromatic carbocycles. The van der Waals surface area contributed by atoms with Gasteiger partial charge >= 0.3 is 0 Å². The summed E-state index contributed by atoms with van der Waals surface area (Å²) in [5.41, 5.74) is 0. The number of unbranched alkanes of at least 4 members (excludes halogenated alkanes) is 1. The number of nitrogens with one attached hydrogen (secondary N) is 1. The Morgan fingerprint density at radius 3 is 2.75 bits per heavy atom. The van der Waals surface area contributed by atoms with Crippen molar-refractivity contribution >= 4 is 37.5 Å². The van der Waals surface area contributed by atoms with Gasteiger partial charge in [-0.05, 0) is 19.3 Å². The highest BCUT2D eigenvalue weighted by atomic mass is 33.1. The van der Waals surface area contributed by atoms with Crippen LogP contribution in [0.1, 0.15) is 32.1 Å². The summed E-state index contributed by atoms with van der Waals surface area (Å²) in [6.07, 6.45) is 5.45. The van der Waals surface area contributed by atoms with Gasteiger partial charge in [-0.25, -0.2) is 8.42 Å². The van der Waals surface area contributed by atoms with Crippen LogP contribution in [-0.2, 0) is 14.8 Å². The quantitative estimate of drug-likeness (QED) is 0.594. The van der Waals surface area contributed by atoms with Crippen LogP contribution < -0.4 is 4.72 Å². The fourth-order valence-electron chi connectivity index (χ4n) is 1.48. The average Bonchev–Trinajstić information content (AvgIpc) is 2.62. The molecule has 1 saturated heterocycles. The zero-order chi connectivity index (χ0) is 12.0. The molecule has 0 bridgehead atoms. The molecule has 1 aliphatic heterocycles. The summed E-state index contributed by atoms with van der Waals surface area (Å²) < 4.78 is 23.5. The summed E-state index contributed by atoms with van der Waals surface area (Å²) in [7, 11) is 0.461. The molecule has 1 N–H and O–H groups in total. The van der Waals surface area contributed by atoms with E-state index in [0.29, 0.717) is 6.42 Å². The molecule has 4 nitrogen and oxygen atoms in total. The number of amides is 1. The van der Waals surface area contributed by atoms with Crippen LogP contribution in [-0.4, -0.2) is 31.6 Å². The van der Waals surface area contributed by atoms with Gasteiger partial charge in [0.2, 0.25) is 15.9 Å². The third-order valence-electron chi connectivity index (χ3n) is 2.21. The third kappa shape index (κ3) is 6.65. The molecule has 0 aliphatic carbocycles. The van der Waals surface area contributed by atoms with Crippen molar-refractivity contribution in [2.75, 3.05) is 12.0 Å². The zero-order valence-corrected chi connectivity index (χ0v) is 11.7. The lowest BCUT2D eigenvalue weighted by Gasteiger charge is -2.06. The van der Waals surface area contributed by atoms with Crippen LogP contribution in [0.5, 0.6) is 0 Å². The van der Waals surface area contributed by atoms with Crippen LogP contribution in [0.4, 0.5) is 0 Å². The second-order valence-electron chi connectivity index (χ2n) is 3.87. The van der Waals surface area contributed by atoms with Crippen molar-refractivity contribution < 1.29 is 13.2 Å². The summed E-state index contributed by atoms with van der Waals surface area (Å²) in [6, 6.07) is 0. The molecule has 0 aromatic rings. The highest BCUT2D eigenvalue weighted by Crippen LogP contribution is 2.39. The zero-order valence-electron chi connectivity index (χ0n) is 9.27. The Morgan fingerprint density at radius 1 is 1.44 bits per heavy atom. The highest BCUT2D eigenvalue weighted by molar-refractivity contribution is 8.77. The van der Waals surface area contributed by atoms with Gasteiger partial charge in [0, 0.05) is 17.4 Å². The lowest BCUT2D eigenvalue weighted by Crippen LogP contribution is -2.28. The van der Waals surface area contributed by atoms with E-state index in [1.807, 2.05) is 26.3 Å². The van der Waals surface area contributed by atoms with E-state index < -0.39 is 15.9 Å². The van der Waals surface area contributed by atoms with Gasteiger partial charge in [-0.1, -0.05) is 28.0 Å². The maximum atomic E-state index is 11.2. The SMILES string of the molecule is CS(=O)(=O)NC(=O)CCCC[C@H]1CCSS1. The molecule has 1 fully saturated rings. The molecule has 1 atom stereocenters. The van der Waals surface area contributed by atoms with Gasteiger partial charge in [0.05, 0.1) is 6.26 Å². The topological polar surface area (TPSA) is 63.2 Å². The summed E-state index contributed by atoms with van der Waals surface area (Å²) in [5.74, 6) is 0.833. The monoisotopic (exact) mass is 283 g/mol. The van der Waals surface area contributed by atoms with E-state index >= 15 is 0 Å². The first-order chi connectivity index (χ1) is 7.47. The smallest absolute Gasteiger partial charge is 0.233 e. The first-order valence-electron chi connectivity index (χ1n) is 5.26. The Bertz CT molecular complexity index is 323. The van der Waals surface area contributed by atoms with E-state index in [9.17, 15) is 13.2 Å². The molecule has 1 heterocycles. The highest BCUT2D eigenvalue weighted by Gasteiger charge is 2.16. The van der Waals surface area contributed by atoms with Crippen molar-refractivity contribution in [3.8, 4) is 0 Å². The van der Waals surface area contributed by atoms with Gasteiger partial charge < -0.3 is 0 Å². The summed E-state index contributed by atoms with van der Waals surface area (Å²) >= 11 is 0. The molecule has 0 radical (unpaired) electrons. The summed E-state index contributed by atoms with van der Waals surface area (Å²) in [6.45, 7) is 0. The molecule has 7 heteroatoms. The summed E-state index contributed by atoms with van der Waals surface area (Å²) in [5, 5.41) is 0.725. The molecule has 0 saturated carbocycles. The molecule has 94 valence electrons. The van der Waals surface area contributed by atoms with Crippen molar-refractivity contribution in [1.29, 1.82) is 0 Å². The Morgan fingerprint density at radius 2 is 2.19 bits per heavy atom. The largest absolute Gasteiger partial charge is 0.274 e. The van der Waals surface area contributed by atoms with E-state index in [1.165, 1.54) is 12.2 Å². The van der Waals surface area contributed by atoms with Crippen molar-refractivity contribution in [3.05, 3.63) is 0 Å². The minimum atomic E-state index is -3.38. The van der Waals surface area contributed by atoms with Crippen LogP contribution in [0.2, 0.25) is 0 Å². The molecule has 0 spiro atoms. The van der Waals surface area contributed by atoms with Gasteiger partial charge in [-0.2, -0.15) is 0 Å². The van der Waals surface area contributed by atoms with Crippen molar-refractivity contribution in [3.63, 3.8) is 0 Å². The molecule has 0 unspecified atom stereocenters. The van der Waals surface area contributed by atoms with E-state index in [-0.39, 0.29) is 0 Å². The normalized spacial score (nSPS) is 20.9. The Balaban J connectivity index is 2.04. The fraction of sp³-hybridized carbons (Fsp3) is 0.889. The molecular formula is C9H17NO3S3. The third-order valence-corrected chi connectivity index (χ3v) is 5.81. The van der Waals surface area contributed by atoms with Gasteiger partial charge in [0.25, 0.3) is 0 Å². The predicted molar refractivity (Wildman–Crippen MR) is 69.9 cm³/mol. The van der Waals surface area contributed by atoms with Crippen molar-refractivity contribution in [2.45, 2.75) is 37.4 Å². The molecule has 1 rings (SSSR count). The van der Waals surface area contributed by atoms with E-state index in [4.69, 9.17) is 0 Å². The fourth-order valence-corrected chi connectivity index (χ4v) is 5.02. The van der Waals surface area contributed by atoms with Gasteiger partial charge in [0.15, 0.2) is 0 Å². The molecule has 1 aliphatic rings. The van der Waals surface area contributed by atoms with Crippen LogP contribution in [0, 0.1) is 0 Å². The maximum absolute atomic E-state index is 11.2. The first-order valence-corrected chi connectivity index (χ1v) is 9.53. The van der Waals surface area contributed by atoms with E-state index in [0.717, 1.165) is 30.8 Å². The number of carbonyl (C=O) groups is 1. The predicted octanol–water partition coefficient (Wildman–Crippen LogP) is 1.78. The lowest BCUT2D eigenvalue weighted by atomic mass is 10.1. The number of carbonyl (C=O) groups excluding carboxylic acids is 1. The van der Waals surface area contributed by atoms with Crippen LogP contribution in [0.25, 0.3) is 0 Å². The van der Waals surface area contributed by atoms with Crippen LogP contribution in [0.15, 0.2) is 0 Å². The molecule has 1 amide bonds. The first kappa shape index (κ1) is 14.2. The van der Waals surface area contributed by atoms with Gasteiger partial charge in [-0.3, -0.25) is 9.52 Å². The Labute approximate surface area is 105 Å². The Hall–Kier alpha value is 0.120. The second kappa shape index (κ2) is 6.76. The number of rotatable bonds is 6. The molecule has 16 heavy (non-hydrogen) atoms. The number of sulfonamides is 1. The minimum absolute atomic E-state index is 0.303. The lowest BCUT2D eigenvalue weighted by molar-refractivity contribution is -0.119. The molecular weight excluding hydrogens is 266 g/mol. The van der Waals surface area contributed by atoms with Gasteiger partial charge in [0.1, 0.15) is 0 Å². The van der Waals surface area contributed by atoms with Crippen LogP contribution in [0.3, 0.4) is 0 Å². The number of hydrogen-bond donors (Lipinski definition) is 1. The van der Waals surface area contributed by atoms with Crippen LogP contribution >= 0.6 is 21.6 Å².